The first-order chi connectivity index (χ1) is 14.7. The zero-order valence-electron chi connectivity index (χ0n) is 21.8. The molecule has 7 heteroatoms. The summed E-state index contributed by atoms with van der Waals surface area (Å²) in [4.78, 5) is 42.6. The lowest BCUT2D eigenvalue weighted by atomic mass is 9.84. The van der Waals surface area contributed by atoms with Crippen LogP contribution >= 0.6 is 0 Å². The van der Waals surface area contributed by atoms with Crippen molar-refractivity contribution in [2.45, 2.75) is 86.4 Å². The summed E-state index contributed by atoms with van der Waals surface area (Å²) in [5.41, 5.74) is 0.000687. The standard InChI is InChI=1S/C25H45N3O4/c1-11-32-24(31)18(5)15-19(16(2)3)28(10)23(30)21(25(6,7)8)26-22(29)20-14-17(4)12-13-27(20)9/h15-17,19-21H,11-14H2,1-10H3,(H,26,29)/b18-15-/t17?,19-,20?,21-/m1/s1. The summed E-state index contributed by atoms with van der Waals surface area (Å²) in [5, 5.41) is 3.06. The molecular formula is C25H45N3O4. The molecule has 0 aliphatic carbocycles. The van der Waals surface area contributed by atoms with Crippen LogP contribution in [-0.2, 0) is 19.1 Å². The second-order valence-electron chi connectivity index (χ2n) is 10.7. The maximum atomic E-state index is 13.6. The zero-order chi connectivity index (χ0) is 24.8. The molecule has 1 aliphatic rings. The van der Waals surface area contributed by atoms with Crippen molar-refractivity contribution >= 4 is 17.8 Å². The van der Waals surface area contributed by atoms with Gasteiger partial charge < -0.3 is 15.0 Å². The number of carbonyl (C=O) groups is 3. The predicted molar refractivity (Wildman–Crippen MR) is 128 cm³/mol. The highest BCUT2D eigenvalue weighted by Gasteiger charge is 2.39. The summed E-state index contributed by atoms with van der Waals surface area (Å²) in [6.45, 7) is 16.7. The van der Waals surface area contributed by atoms with Crippen molar-refractivity contribution in [1.82, 2.24) is 15.1 Å². The number of hydrogen-bond donors (Lipinski definition) is 1. The van der Waals surface area contributed by atoms with E-state index in [4.69, 9.17) is 4.74 Å². The van der Waals surface area contributed by atoms with Gasteiger partial charge in [-0.3, -0.25) is 14.5 Å². The van der Waals surface area contributed by atoms with Crippen LogP contribution in [0.2, 0.25) is 0 Å². The Morgan fingerprint density at radius 1 is 1.25 bits per heavy atom. The number of carbonyl (C=O) groups excluding carboxylic acids is 3. The number of piperidine rings is 1. The third kappa shape index (κ3) is 7.61. The molecule has 0 aromatic carbocycles. The van der Waals surface area contributed by atoms with Gasteiger partial charge in [-0.2, -0.15) is 0 Å². The molecule has 184 valence electrons. The average molecular weight is 452 g/mol. The van der Waals surface area contributed by atoms with Gasteiger partial charge in [-0.25, -0.2) is 4.79 Å². The van der Waals surface area contributed by atoms with Crippen LogP contribution in [0.15, 0.2) is 11.6 Å². The highest BCUT2D eigenvalue weighted by molar-refractivity contribution is 5.91. The Morgan fingerprint density at radius 3 is 2.34 bits per heavy atom. The van der Waals surface area contributed by atoms with Crippen LogP contribution in [0, 0.1) is 17.3 Å². The zero-order valence-corrected chi connectivity index (χ0v) is 21.8. The number of likely N-dealkylation sites (tertiary alicyclic amines) is 1. The normalized spacial score (nSPS) is 22.3. The molecular weight excluding hydrogens is 406 g/mol. The summed E-state index contributed by atoms with van der Waals surface area (Å²) in [5.74, 6) is -0.0807. The molecule has 0 radical (unpaired) electrons. The summed E-state index contributed by atoms with van der Waals surface area (Å²) >= 11 is 0. The van der Waals surface area contributed by atoms with Gasteiger partial charge in [0.15, 0.2) is 0 Å². The minimum atomic E-state index is -0.678. The lowest BCUT2D eigenvalue weighted by Crippen LogP contribution is -2.60. The van der Waals surface area contributed by atoms with Crippen molar-refractivity contribution < 1.29 is 19.1 Å². The minimum absolute atomic E-state index is 0.0787. The number of rotatable bonds is 8. The first kappa shape index (κ1) is 28.1. The van der Waals surface area contributed by atoms with Gasteiger partial charge in [0.2, 0.25) is 11.8 Å². The Balaban J connectivity index is 3.12. The second kappa shape index (κ2) is 11.8. The molecule has 0 spiro atoms. The van der Waals surface area contributed by atoms with E-state index in [-0.39, 0.29) is 35.8 Å². The second-order valence-corrected chi connectivity index (χ2v) is 10.7. The third-order valence-corrected chi connectivity index (χ3v) is 6.33. The van der Waals surface area contributed by atoms with E-state index in [1.807, 2.05) is 41.7 Å². The topological polar surface area (TPSA) is 79.0 Å². The van der Waals surface area contributed by atoms with Crippen molar-refractivity contribution in [2.75, 3.05) is 27.2 Å². The Hall–Kier alpha value is -1.89. The van der Waals surface area contributed by atoms with Gasteiger partial charge in [-0.05, 0) is 57.5 Å². The molecule has 0 saturated carbocycles. The van der Waals surface area contributed by atoms with Crippen LogP contribution in [0.1, 0.15) is 68.2 Å². The monoisotopic (exact) mass is 451 g/mol. The molecule has 0 bridgehead atoms. The first-order valence-corrected chi connectivity index (χ1v) is 11.8. The number of hydrogen-bond acceptors (Lipinski definition) is 5. The summed E-state index contributed by atoms with van der Waals surface area (Å²) < 4.78 is 5.09. The molecule has 0 aromatic rings. The molecule has 2 unspecified atom stereocenters. The van der Waals surface area contributed by atoms with Crippen LogP contribution < -0.4 is 5.32 Å². The van der Waals surface area contributed by atoms with Gasteiger partial charge in [-0.15, -0.1) is 0 Å². The van der Waals surface area contributed by atoms with Gasteiger partial charge in [0.05, 0.1) is 18.7 Å². The highest BCUT2D eigenvalue weighted by Crippen LogP contribution is 2.26. The van der Waals surface area contributed by atoms with E-state index in [1.54, 1.807) is 31.9 Å². The number of amides is 2. The smallest absolute Gasteiger partial charge is 0.333 e. The predicted octanol–water partition coefficient (Wildman–Crippen LogP) is 3.24. The van der Waals surface area contributed by atoms with Gasteiger partial charge in [0.25, 0.3) is 0 Å². The summed E-state index contributed by atoms with van der Waals surface area (Å²) in [7, 11) is 3.70. The maximum Gasteiger partial charge on any atom is 0.333 e. The molecule has 7 nitrogen and oxygen atoms in total. The van der Waals surface area contributed by atoms with Crippen LogP contribution in [0.5, 0.6) is 0 Å². The number of esters is 1. The largest absolute Gasteiger partial charge is 0.463 e. The van der Waals surface area contributed by atoms with Crippen molar-refractivity contribution in [3.05, 3.63) is 11.6 Å². The Labute approximate surface area is 194 Å². The lowest BCUT2D eigenvalue weighted by Gasteiger charge is -2.40. The van der Waals surface area contributed by atoms with E-state index in [0.29, 0.717) is 18.1 Å². The molecule has 2 amide bonds. The third-order valence-electron chi connectivity index (χ3n) is 6.33. The lowest BCUT2D eigenvalue weighted by molar-refractivity contribution is -0.142. The van der Waals surface area contributed by atoms with Crippen LogP contribution in [-0.4, -0.2) is 73.0 Å². The van der Waals surface area contributed by atoms with Crippen molar-refractivity contribution in [3.8, 4) is 0 Å². The summed E-state index contributed by atoms with van der Waals surface area (Å²) in [6.07, 6.45) is 3.66. The average Bonchev–Trinajstić information content (AvgIpc) is 2.69. The van der Waals surface area contributed by atoms with Crippen molar-refractivity contribution in [3.63, 3.8) is 0 Å². The Morgan fingerprint density at radius 2 is 1.84 bits per heavy atom. The van der Waals surface area contributed by atoms with Crippen LogP contribution in [0.25, 0.3) is 0 Å². The molecule has 1 N–H and O–H groups in total. The van der Waals surface area contributed by atoms with E-state index in [9.17, 15) is 14.4 Å². The summed E-state index contributed by atoms with van der Waals surface area (Å²) in [6, 6.07) is -1.21. The molecule has 32 heavy (non-hydrogen) atoms. The Kier molecular flexibility index (Phi) is 10.4. The van der Waals surface area contributed by atoms with Gasteiger partial charge in [0.1, 0.15) is 6.04 Å². The fourth-order valence-corrected chi connectivity index (χ4v) is 4.12. The molecule has 1 fully saturated rings. The van der Waals surface area contributed by atoms with Gasteiger partial charge in [0, 0.05) is 12.6 Å². The molecule has 1 heterocycles. The number of nitrogens with one attached hydrogen (secondary N) is 1. The minimum Gasteiger partial charge on any atom is -0.463 e. The quantitative estimate of drug-likeness (QED) is 0.453. The number of likely N-dealkylation sites (N-methyl/N-ethyl adjacent to an activating group) is 2. The Bertz CT molecular complexity index is 696. The van der Waals surface area contributed by atoms with Crippen molar-refractivity contribution in [1.29, 1.82) is 0 Å². The maximum absolute atomic E-state index is 13.6. The van der Waals surface area contributed by atoms with E-state index >= 15 is 0 Å². The van der Waals surface area contributed by atoms with E-state index < -0.39 is 11.5 Å². The van der Waals surface area contributed by atoms with E-state index in [2.05, 4.69) is 17.1 Å². The van der Waals surface area contributed by atoms with Gasteiger partial charge in [-0.1, -0.05) is 47.6 Å². The molecule has 4 atom stereocenters. The fourth-order valence-electron chi connectivity index (χ4n) is 4.12. The number of nitrogens with zero attached hydrogens (tertiary/aromatic N) is 2. The van der Waals surface area contributed by atoms with Crippen LogP contribution in [0.4, 0.5) is 0 Å². The molecule has 1 saturated heterocycles. The first-order valence-electron chi connectivity index (χ1n) is 11.8. The van der Waals surface area contributed by atoms with Crippen LogP contribution in [0.3, 0.4) is 0 Å². The fraction of sp³-hybridized carbons (Fsp3) is 0.800. The highest BCUT2D eigenvalue weighted by atomic mass is 16.5. The molecule has 1 rings (SSSR count). The van der Waals surface area contributed by atoms with Gasteiger partial charge >= 0.3 is 5.97 Å². The SMILES string of the molecule is CCOC(=O)/C(C)=C\[C@H](C(C)C)N(C)C(=O)[C@@H](NC(=O)C1CC(C)CCN1C)C(C)(C)C. The molecule has 0 aromatic heterocycles. The van der Waals surface area contributed by atoms with E-state index in [1.165, 1.54) is 0 Å². The van der Waals surface area contributed by atoms with Crippen molar-refractivity contribution in [2.24, 2.45) is 17.3 Å². The van der Waals surface area contributed by atoms with E-state index in [0.717, 1.165) is 19.4 Å². The molecule has 1 aliphatic heterocycles. The number of ether oxygens (including phenoxy) is 1.